The molecule has 0 radical (unpaired) electrons. The van der Waals surface area contributed by atoms with Crippen molar-refractivity contribution in [3.8, 4) is 0 Å². The van der Waals surface area contributed by atoms with Gasteiger partial charge in [0.1, 0.15) is 6.04 Å². The molecule has 2 rings (SSSR count). The Labute approximate surface area is 127 Å². The van der Waals surface area contributed by atoms with Crippen LogP contribution in [0.5, 0.6) is 0 Å². The Kier molecular flexibility index (Phi) is 6.03. The number of hydrogen-bond acceptors (Lipinski definition) is 3. The van der Waals surface area contributed by atoms with Crippen LogP contribution in [-0.4, -0.2) is 41.9 Å². The number of likely N-dealkylation sites (tertiary alicyclic amines) is 1. The minimum Gasteiger partial charge on any atom is -0.354 e. The molecule has 2 amide bonds. The molecule has 0 spiro atoms. The van der Waals surface area contributed by atoms with Crippen LogP contribution >= 0.6 is 0 Å². The predicted octanol–water partition coefficient (Wildman–Crippen LogP) is 1.41. The van der Waals surface area contributed by atoms with Crippen LogP contribution in [0.25, 0.3) is 0 Å². The molecule has 1 aliphatic carbocycles. The molecule has 1 saturated heterocycles. The van der Waals surface area contributed by atoms with Crippen LogP contribution in [0.15, 0.2) is 0 Å². The molecule has 0 aromatic heterocycles. The van der Waals surface area contributed by atoms with Gasteiger partial charge < -0.3 is 16.0 Å². The van der Waals surface area contributed by atoms with Crippen molar-refractivity contribution in [1.29, 1.82) is 0 Å². The molecule has 0 unspecified atom stereocenters. The maximum Gasteiger partial charge on any atom is 0.242 e. The Morgan fingerprint density at radius 3 is 2.57 bits per heavy atom. The first kappa shape index (κ1) is 16.3. The Balaban J connectivity index is 1.94. The molecule has 0 aromatic carbocycles. The molecule has 0 bridgehead atoms. The van der Waals surface area contributed by atoms with E-state index in [-0.39, 0.29) is 17.9 Å². The largest absolute Gasteiger partial charge is 0.354 e. The van der Waals surface area contributed by atoms with E-state index in [4.69, 9.17) is 5.73 Å². The maximum atomic E-state index is 12.7. The monoisotopic (exact) mass is 295 g/mol. The molecule has 1 heterocycles. The summed E-state index contributed by atoms with van der Waals surface area (Å²) in [7, 11) is 0. The smallest absolute Gasteiger partial charge is 0.242 e. The number of carbonyl (C=O) groups is 2. The topological polar surface area (TPSA) is 75.4 Å². The average Bonchev–Trinajstić information content (AvgIpc) is 3.01. The lowest BCUT2D eigenvalue weighted by Crippen LogP contribution is -2.53. The van der Waals surface area contributed by atoms with Crippen LogP contribution in [0.4, 0.5) is 0 Å². The summed E-state index contributed by atoms with van der Waals surface area (Å²) in [5.41, 5.74) is 6.21. The molecule has 5 nitrogen and oxygen atoms in total. The number of nitrogens with zero attached hydrogens (tertiary/aromatic N) is 1. The van der Waals surface area contributed by atoms with Gasteiger partial charge in [0.25, 0.3) is 0 Å². The van der Waals surface area contributed by atoms with E-state index in [1.807, 2.05) is 6.92 Å². The Morgan fingerprint density at radius 1 is 1.19 bits per heavy atom. The molecule has 2 aliphatic rings. The minimum absolute atomic E-state index is 0.0152. The fraction of sp³-hybridized carbons (Fsp3) is 0.875. The SMILES string of the molecule is CCCNC(=O)[C@@H]1CCCN1C(=O)[C@H](N)C1CCCCC1. The highest BCUT2D eigenvalue weighted by Gasteiger charge is 2.38. The van der Waals surface area contributed by atoms with Gasteiger partial charge in [-0.2, -0.15) is 0 Å². The van der Waals surface area contributed by atoms with Crippen molar-refractivity contribution < 1.29 is 9.59 Å². The highest BCUT2D eigenvalue weighted by Crippen LogP contribution is 2.28. The Hall–Kier alpha value is -1.10. The lowest BCUT2D eigenvalue weighted by molar-refractivity contribution is -0.140. The second kappa shape index (κ2) is 7.78. The third kappa shape index (κ3) is 3.96. The number of rotatable bonds is 5. The second-order valence-corrected chi connectivity index (χ2v) is 6.40. The number of hydrogen-bond donors (Lipinski definition) is 2. The second-order valence-electron chi connectivity index (χ2n) is 6.40. The van der Waals surface area contributed by atoms with E-state index in [9.17, 15) is 9.59 Å². The fourth-order valence-corrected chi connectivity index (χ4v) is 3.56. The zero-order valence-electron chi connectivity index (χ0n) is 13.1. The third-order valence-corrected chi connectivity index (χ3v) is 4.83. The van der Waals surface area contributed by atoms with Gasteiger partial charge >= 0.3 is 0 Å². The van der Waals surface area contributed by atoms with Crippen LogP contribution in [0.1, 0.15) is 58.3 Å². The summed E-state index contributed by atoms with van der Waals surface area (Å²) in [6.45, 7) is 3.37. The van der Waals surface area contributed by atoms with E-state index in [2.05, 4.69) is 5.32 Å². The molecule has 2 fully saturated rings. The Bertz CT molecular complexity index is 367. The van der Waals surface area contributed by atoms with Gasteiger partial charge in [-0.1, -0.05) is 26.2 Å². The maximum absolute atomic E-state index is 12.7. The summed E-state index contributed by atoms with van der Waals surface area (Å²) >= 11 is 0. The number of amides is 2. The third-order valence-electron chi connectivity index (χ3n) is 4.83. The molecular weight excluding hydrogens is 266 g/mol. The molecule has 120 valence electrons. The van der Waals surface area contributed by atoms with E-state index in [0.717, 1.165) is 32.1 Å². The van der Waals surface area contributed by atoms with Crippen molar-refractivity contribution in [1.82, 2.24) is 10.2 Å². The summed E-state index contributed by atoms with van der Waals surface area (Å²) in [5, 5.41) is 2.90. The van der Waals surface area contributed by atoms with Gasteiger partial charge in [-0.3, -0.25) is 9.59 Å². The van der Waals surface area contributed by atoms with E-state index < -0.39 is 6.04 Å². The number of nitrogens with one attached hydrogen (secondary N) is 1. The quantitative estimate of drug-likeness (QED) is 0.805. The minimum atomic E-state index is -0.426. The van der Waals surface area contributed by atoms with Gasteiger partial charge in [0.05, 0.1) is 6.04 Å². The number of carbonyl (C=O) groups excluding carboxylic acids is 2. The first-order valence-electron chi connectivity index (χ1n) is 8.49. The van der Waals surface area contributed by atoms with E-state index in [1.54, 1.807) is 4.90 Å². The van der Waals surface area contributed by atoms with E-state index >= 15 is 0 Å². The van der Waals surface area contributed by atoms with Crippen molar-refractivity contribution in [3.63, 3.8) is 0 Å². The van der Waals surface area contributed by atoms with Gasteiger partial charge in [0, 0.05) is 13.1 Å². The van der Waals surface area contributed by atoms with Crippen molar-refractivity contribution in [3.05, 3.63) is 0 Å². The van der Waals surface area contributed by atoms with Crippen LogP contribution in [-0.2, 0) is 9.59 Å². The van der Waals surface area contributed by atoms with Crippen LogP contribution in [0.3, 0.4) is 0 Å². The lowest BCUT2D eigenvalue weighted by Gasteiger charge is -2.32. The van der Waals surface area contributed by atoms with Gasteiger partial charge in [0.2, 0.25) is 11.8 Å². The standard InChI is InChI=1S/C16H29N3O2/c1-2-10-18-15(20)13-9-6-11-19(13)16(21)14(17)12-7-4-3-5-8-12/h12-14H,2-11,17H2,1H3,(H,18,20)/t13-,14+/m0/s1. The van der Waals surface area contributed by atoms with Crippen LogP contribution in [0, 0.1) is 5.92 Å². The van der Waals surface area contributed by atoms with E-state index in [1.165, 1.54) is 19.3 Å². The summed E-state index contributed by atoms with van der Waals surface area (Å²) in [5.74, 6) is 0.265. The van der Waals surface area contributed by atoms with Crippen molar-refractivity contribution in [2.24, 2.45) is 11.7 Å². The molecule has 1 saturated carbocycles. The first-order chi connectivity index (χ1) is 10.1. The van der Waals surface area contributed by atoms with Crippen LogP contribution < -0.4 is 11.1 Å². The predicted molar refractivity (Wildman–Crippen MR) is 82.6 cm³/mol. The van der Waals surface area contributed by atoms with Crippen molar-refractivity contribution >= 4 is 11.8 Å². The summed E-state index contributed by atoms with van der Waals surface area (Å²) in [6, 6.07) is -0.733. The molecule has 3 N–H and O–H groups in total. The van der Waals surface area contributed by atoms with Crippen LogP contribution in [0.2, 0.25) is 0 Å². The van der Waals surface area contributed by atoms with Gasteiger partial charge in [0.15, 0.2) is 0 Å². The average molecular weight is 295 g/mol. The zero-order chi connectivity index (χ0) is 15.2. The summed E-state index contributed by atoms with van der Waals surface area (Å²) < 4.78 is 0. The molecular formula is C16H29N3O2. The van der Waals surface area contributed by atoms with Crippen molar-refractivity contribution in [2.75, 3.05) is 13.1 Å². The normalized spacial score (nSPS) is 24.9. The van der Waals surface area contributed by atoms with E-state index in [0.29, 0.717) is 19.0 Å². The summed E-state index contributed by atoms with van der Waals surface area (Å²) in [6.07, 6.45) is 8.27. The van der Waals surface area contributed by atoms with Gasteiger partial charge in [-0.15, -0.1) is 0 Å². The molecule has 5 heteroatoms. The number of nitrogens with two attached hydrogens (primary N) is 1. The highest BCUT2D eigenvalue weighted by molar-refractivity contribution is 5.90. The molecule has 0 aromatic rings. The van der Waals surface area contributed by atoms with Crippen molar-refractivity contribution in [2.45, 2.75) is 70.4 Å². The lowest BCUT2D eigenvalue weighted by atomic mass is 9.83. The highest BCUT2D eigenvalue weighted by atomic mass is 16.2. The summed E-state index contributed by atoms with van der Waals surface area (Å²) in [4.78, 5) is 26.6. The molecule has 21 heavy (non-hydrogen) atoms. The molecule has 1 aliphatic heterocycles. The van der Waals surface area contributed by atoms with Gasteiger partial charge in [-0.05, 0) is 38.0 Å². The first-order valence-corrected chi connectivity index (χ1v) is 8.49. The fourth-order valence-electron chi connectivity index (χ4n) is 3.56. The van der Waals surface area contributed by atoms with Gasteiger partial charge in [-0.25, -0.2) is 0 Å². The Morgan fingerprint density at radius 2 is 1.90 bits per heavy atom. The zero-order valence-corrected chi connectivity index (χ0v) is 13.1. The molecule has 2 atom stereocenters.